The molecule has 0 N–H and O–H groups in total. The molecule has 1 aliphatic rings. The highest BCUT2D eigenvalue weighted by atomic mass is 79.9. The molecular formula is C36H18Br2O2. The van der Waals surface area contributed by atoms with E-state index < -0.39 is 0 Å². The predicted molar refractivity (Wildman–Crippen MR) is 174 cm³/mol. The first-order valence-electron chi connectivity index (χ1n) is 13.1. The number of halogens is 2. The first kappa shape index (κ1) is 22.7. The molecule has 1 aliphatic heterocycles. The standard InChI is InChI=1S/C36H18Br2O2/c37-27-17-21-11-14-29-34(30(21)32-23-7-3-1-5-19(23)9-12-25(27)32)35-31-22(15-16-39-36(35)40-29)18-28(38)26-13-10-20-6-2-4-8-24(20)33(26)31/h1-18H. The van der Waals surface area contributed by atoms with E-state index in [1.165, 1.54) is 43.1 Å². The summed E-state index contributed by atoms with van der Waals surface area (Å²) in [5.74, 6) is 0.519. The highest BCUT2D eigenvalue weighted by Crippen LogP contribution is 2.52. The summed E-state index contributed by atoms with van der Waals surface area (Å²) in [7, 11) is 0. The maximum atomic E-state index is 6.52. The van der Waals surface area contributed by atoms with Crippen LogP contribution >= 0.6 is 31.9 Å². The lowest BCUT2D eigenvalue weighted by molar-refractivity contribution is 0.363. The molecule has 1 aromatic heterocycles. The van der Waals surface area contributed by atoms with Crippen LogP contribution in [-0.2, 0) is 0 Å². The summed E-state index contributed by atoms with van der Waals surface area (Å²) < 4.78 is 14.9. The van der Waals surface area contributed by atoms with Crippen molar-refractivity contribution >= 4 is 103 Å². The monoisotopic (exact) mass is 640 g/mol. The van der Waals surface area contributed by atoms with E-state index in [1.54, 1.807) is 6.26 Å². The molecule has 0 aliphatic carbocycles. The first-order chi connectivity index (χ1) is 19.7. The van der Waals surface area contributed by atoms with Crippen molar-refractivity contribution < 1.29 is 9.15 Å². The van der Waals surface area contributed by atoms with Gasteiger partial charge in [-0.25, -0.2) is 0 Å². The second-order valence-electron chi connectivity index (χ2n) is 10.3. The summed E-state index contributed by atoms with van der Waals surface area (Å²) in [6.45, 7) is 0. The van der Waals surface area contributed by atoms with E-state index in [4.69, 9.17) is 9.15 Å². The van der Waals surface area contributed by atoms with Crippen LogP contribution in [0.1, 0.15) is 5.56 Å². The van der Waals surface area contributed by atoms with Gasteiger partial charge < -0.3 is 9.15 Å². The lowest BCUT2D eigenvalue weighted by atomic mass is 9.87. The van der Waals surface area contributed by atoms with E-state index in [2.05, 4.69) is 129 Å². The quantitative estimate of drug-likeness (QED) is 0.154. The number of fused-ring (bicyclic) bond motifs is 15. The minimum Gasteiger partial charge on any atom is -0.433 e. The van der Waals surface area contributed by atoms with Gasteiger partial charge in [0.05, 0.1) is 11.8 Å². The van der Waals surface area contributed by atoms with E-state index in [-0.39, 0.29) is 0 Å². The number of rotatable bonds is 0. The molecule has 40 heavy (non-hydrogen) atoms. The van der Waals surface area contributed by atoms with Gasteiger partial charge in [0.1, 0.15) is 5.58 Å². The first-order valence-corrected chi connectivity index (χ1v) is 14.7. The number of hydrogen-bond acceptors (Lipinski definition) is 2. The fraction of sp³-hybridized carbons (Fsp3) is 0. The Labute approximate surface area is 245 Å². The lowest BCUT2D eigenvalue weighted by Gasteiger charge is -2.15. The van der Waals surface area contributed by atoms with Crippen LogP contribution in [0.5, 0.6) is 5.95 Å². The molecule has 4 heteroatoms. The van der Waals surface area contributed by atoms with Crippen LogP contribution in [-0.4, -0.2) is 0 Å². The number of ether oxygens (including phenoxy) is 1. The molecular weight excluding hydrogens is 624 g/mol. The maximum Gasteiger partial charge on any atom is 0.298 e. The van der Waals surface area contributed by atoms with Gasteiger partial charge in [-0.15, -0.1) is 0 Å². The molecule has 0 saturated carbocycles. The third kappa shape index (κ3) is 2.98. The molecule has 0 spiro atoms. The number of hydrogen-bond donors (Lipinski definition) is 0. The van der Waals surface area contributed by atoms with E-state index >= 15 is 0 Å². The molecule has 0 fully saturated rings. The van der Waals surface area contributed by atoms with Crippen LogP contribution in [0.4, 0.5) is 0 Å². The van der Waals surface area contributed by atoms with E-state index in [0.717, 1.165) is 47.4 Å². The van der Waals surface area contributed by atoms with Crippen molar-refractivity contribution in [1.82, 2.24) is 0 Å². The molecule has 2 heterocycles. The Hall–Kier alpha value is -4.12. The van der Waals surface area contributed by atoms with Crippen LogP contribution in [0, 0.1) is 0 Å². The second kappa shape index (κ2) is 8.20. The highest BCUT2D eigenvalue weighted by molar-refractivity contribution is 9.11. The average Bonchev–Trinajstić information content (AvgIpc) is 3.25. The van der Waals surface area contributed by atoms with Crippen LogP contribution in [0.3, 0.4) is 0 Å². The van der Waals surface area contributed by atoms with Crippen molar-refractivity contribution in [1.29, 1.82) is 0 Å². The number of benzene rings is 7. The predicted octanol–water partition coefficient (Wildman–Crippen LogP) is 11.8. The van der Waals surface area contributed by atoms with Gasteiger partial charge in [0, 0.05) is 25.3 Å². The molecule has 7 aromatic carbocycles. The fourth-order valence-corrected chi connectivity index (χ4v) is 7.73. The van der Waals surface area contributed by atoms with Crippen molar-refractivity contribution in [3.8, 4) is 17.1 Å². The molecule has 0 unspecified atom stereocenters. The van der Waals surface area contributed by atoms with E-state index in [9.17, 15) is 0 Å². The zero-order chi connectivity index (χ0) is 26.5. The zero-order valence-corrected chi connectivity index (χ0v) is 24.1. The topological polar surface area (TPSA) is 22.4 Å². The van der Waals surface area contributed by atoms with Crippen LogP contribution in [0.25, 0.3) is 82.0 Å². The Balaban J connectivity index is 1.59. The van der Waals surface area contributed by atoms with E-state index in [0.29, 0.717) is 5.95 Å². The van der Waals surface area contributed by atoms with Crippen molar-refractivity contribution in [2.45, 2.75) is 0 Å². The minimum absolute atomic E-state index is 0.519. The lowest BCUT2D eigenvalue weighted by Crippen LogP contribution is -1.90. The Morgan fingerprint density at radius 2 is 1.15 bits per heavy atom. The Morgan fingerprint density at radius 3 is 1.93 bits per heavy atom. The van der Waals surface area contributed by atoms with Crippen LogP contribution < -0.4 is 4.74 Å². The molecule has 0 amide bonds. The Kier molecular flexibility index (Phi) is 4.65. The Bertz CT molecular complexity index is 2430. The van der Waals surface area contributed by atoms with Crippen molar-refractivity contribution in [3.05, 3.63) is 118 Å². The molecule has 0 radical (unpaired) electrons. The average molecular weight is 642 g/mol. The molecule has 0 bridgehead atoms. The molecule has 8 aromatic rings. The van der Waals surface area contributed by atoms with Gasteiger partial charge in [0.25, 0.3) is 5.95 Å². The number of furan rings is 1. The largest absolute Gasteiger partial charge is 0.433 e. The second-order valence-corrected chi connectivity index (χ2v) is 12.0. The zero-order valence-electron chi connectivity index (χ0n) is 21.0. The van der Waals surface area contributed by atoms with Gasteiger partial charge >= 0.3 is 0 Å². The summed E-state index contributed by atoms with van der Waals surface area (Å²) in [6, 6.07) is 34.6. The van der Waals surface area contributed by atoms with Gasteiger partial charge in [0.15, 0.2) is 0 Å². The minimum atomic E-state index is 0.519. The van der Waals surface area contributed by atoms with Gasteiger partial charge in [-0.1, -0.05) is 111 Å². The maximum absolute atomic E-state index is 6.52. The summed E-state index contributed by atoms with van der Waals surface area (Å²) >= 11 is 7.75. The van der Waals surface area contributed by atoms with Gasteiger partial charge in [-0.3, -0.25) is 0 Å². The Morgan fingerprint density at radius 1 is 0.500 bits per heavy atom. The van der Waals surface area contributed by atoms with E-state index in [1.807, 2.05) is 6.08 Å². The summed E-state index contributed by atoms with van der Waals surface area (Å²) in [5, 5.41) is 12.9. The molecule has 0 atom stereocenters. The molecule has 2 nitrogen and oxygen atoms in total. The third-order valence-electron chi connectivity index (χ3n) is 8.25. The highest BCUT2D eigenvalue weighted by Gasteiger charge is 2.27. The van der Waals surface area contributed by atoms with Gasteiger partial charge in [0.2, 0.25) is 0 Å². The fourth-order valence-electron chi connectivity index (χ4n) is 6.58. The van der Waals surface area contributed by atoms with Crippen molar-refractivity contribution in [2.75, 3.05) is 0 Å². The third-order valence-corrected chi connectivity index (χ3v) is 9.57. The summed E-state index contributed by atoms with van der Waals surface area (Å²) in [6.07, 6.45) is 3.78. The molecule has 188 valence electrons. The van der Waals surface area contributed by atoms with Crippen LogP contribution in [0.2, 0.25) is 0 Å². The van der Waals surface area contributed by atoms with Gasteiger partial charge in [-0.2, -0.15) is 0 Å². The summed E-state index contributed by atoms with van der Waals surface area (Å²) in [4.78, 5) is 0. The van der Waals surface area contributed by atoms with Crippen molar-refractivity contribution in [2.24, 2.45) is 0 Å². The SMILES string of the molecule is Brc1cc2c(c3c1ccc1ccccc13)-c1c(oc3ccc4cc(Br)c5ccc6ccccc6c5c4c13)OC=C2. The summed E-state index contributed by atoms with van der Waals surface area (Å²) in [5.41, 5.74) is 4.01. The molecule has 9 rings (SSSR count). The van der Waals surface area contributed by atoms with Gasteiger partial charge in [-0.05, 0) is 78.3 Å². The normalized spacial score (nSPS) is 12.8. The smallest absolute Gasteiger partial charge is 0.298 e. The van der Waals surface area contributed by atoms with Crippen molar-refractivity contribution in [3.63, 3.8) is 0 Å². The molecule has 0 saturated heterocycles. The van der Waals surface area contributed by atoms with Crippen LogP contribution in [0.15, 0.2) is 117 Å².